The molecule has 0 aliphatic rings. The van der Waals surface area contributed by atoms with Crippen molar-refractivity contribution in [3.8, 4) is 17.5 Å². The van der Waals surface area contributed by atoms with Crippen LogP contribution in [0.4, 0.5) is 0 Å². The van der Waals surface area contributed by atoms with Crippen LogP contribution < -0.4 is 4.74 Å². The molecule has 92 valence electrons. The molecule has 0 spiro atoms. The second kappa shape index (κ2) is 4.51. The Bertz CT molecular complexity index is 764. The normalized spacial score (nSPS) is 10.3. The smallest absolute Gasteiger partial charge is 0.119 e. The zero-order chi connectivity index (χ0) is 13.2. The van der Waals surface area contributed by atoms with Crippen LogP contribution in [0.3, 0.4) is 0 Å². The fourth-order valence-electron chi connectivity index (χ4n) is 2.23. The number of para-hydroxylation sites is 1. The third-order valence-corrected chi connectivity index (χ3v) is 3.18. The summed E-state index contributed by atoms with van der Waals surface area (Å²) in [4.78, 5) is 0. The topological polar surface area (TPSA) is 38.0 Å². The van der Waals surface area contributed by atoms with Gasteiger partial charge in [-0.05, 0) is 30.3 Å². The van der Waals surface area contributed by atoms with Crippen LogP contribution in [0, 0.1) is 11.3 Å². The summed E-state index contributed by atoms with van der Waals surface area (Å²) >= 11 is 0. The van der Waals surface area contributed by atoms with Gasteiger partial charge in [-0.2, -0.15) is 5.26 Å². The third kappa shape index (κ3) is 1.84. The Kier molecular flexibility index (Phi) is 2.70. The SMILES string of the molecule is COc1ccc(-n2cc(C#N)c3ccccc32)cc1. The monoisotopic (exact) mass is 248 g/mol. The van der Waals surface area contributed by atoms with Crippen LogP contribution >= 0.6 is 0 Å². The first-order valence-corrected chi connectivity index (χ1v) is 5.98. The van der Waals surface area contributed by atoms with Crippen LogP contribution in [-0.2, 0) is 0 Å². The maximum absolute atomic E-state index is 9.19. The molecule has 0 N–H and O–H groups in total. The molecule has 0 aliphatic heterocycles. The maximum atomic E-state index is 9.19. The van der Waals surface area contributed by atoms with Crippen molar-refractivity contribution in [3.05, 3.63) is 60.3 Å². The lowest BCUT2D eigenvalue weighted by Crippen LogP contribution is -1.91. The van der Waals surface area contributed by atoms with Gasteiger partial charge in [0.2, 0.25) is 0 Å². The summed E-state index contributed by atoms with van der Waals surface area (Å²) in [7, 11) is 1.65. The number of methoxy groups -OCH3 is 1. The Labute approximate surface area is 111 Å². The minimum atomic E-state index is 0.686. The van der Waals surface area contributed by atoms with Crippen molar-refractivity contribution in [2.75, 3.05) is 7.11 Å². The Morgan fingerprint density at radius 2 is 1.79 bits per heavy atom. The molecule has 0 radical (unpaired) electrons. The maximum Gasteiger partial charge on any atom is 0.119 e. The highest BCUT2D eigenvalue weighted by molar-refractivity contribution is 5.87. The Morgan fingerprint density at radius 3 is 2.47 bits per heavy atom. The molecule has 0 amide bonds. The van der Waals surface area contributed by atoms with Crippen molar-refractivity contribution in [2.24, 2.45) is 0 Å². The second-order valence-corrected chi connectivity index (χ2v) is 4.24. The number of benzene rings is 2. The van der Waals surface area contributed by atoms with Gasteiger partial charge < -0.3 is 9.30 Å². The summed E-state index contributed by atoms with van der Waals surface area (Å²) in [5.74, 6) is 0.820. The summed E-state index contributed by atoms with van der Waals surface area (Å²) in [5.41, 5.74) is 2.73. The molecule has 0 bridgehead atoms. The Morgan fingerprint density at radius 1 is 1.05 bits per heavy atom. The van der Waals surface area contributed by atoms with Crippen LogP contribution in [-0.4, -0.2) is 11.7 Å². The number of hydrogen-bond acceptors (Lipinski definition) is 2. The molecule has 1 heterocycles. The lowest BCUT2D eigenvalue weighted by molar-refractivity contribution is 0.415. The number of hydrogen-bond donors (Lipinski definition) is 0. The fourth-order valence-corrected chi connectivity index (χ4v) is 2.23. The van der Waals surface area contributed by atoms with Crippen molar-refractivity contribution in [3.63, 3.8) is 0 Å². The van der Waals surface area contributed by atoms with E-state index in [0.717, 1.165) is 22.3 Å². The third-order valence-electron chi connectivity index (χ3n) is 3.18. The van der Waals surface area contributed by atoms with E-state index in [1.165, 1.54) is 0 Å². The van der Waals surface area contributed by atoms with Crippen LogP contribution in [0.15, 0.2) is 54.7 Å². The lowest BCUT2D eigenvalue weighted by Gasteiger charge is -2.06. The number of ether oxygens (including phenoxy) is 1. The molecule has 19 heavy (non-hydrogen) atoms. The first-order chi connectivity index (χ1) is 9.33. The molecular weight excluding hydrogens is 236 g/mol. The van der Waals surface area contributed by atoms with E-state index in [1.807, 2.05) is 59.3 Å². The van der Waals surface area contributed by atoms with Gasteiger partial charge in [0, 0.05) is 17.3 Å². The van der Waals surface area contributed by atoms with Crippen LogP contribution in [0.1, 0.15) is 5.56 Å². The van der Waals surface area contributed by atoms with Crippen molar-refractivity contribution < 1.29 is 4.74 Å². The molecule has 0 fully saturated rings. The van der Waals surface area contributed by atoms with E-state index in [2.05, 4.69) is 6.07 Å². The molecular formula is C16H12N2O. The van der Waals surface area contributed by atoms with Gasteiger partial charge >= 0.3 is 0 Å². The van der Waals surface area contributed by atoms with Crippen molar-refractivity contribution in [2.45, 2.75) is 0 Å². The van der Waals surface area contributed by atoms with E-state index in [0.29, 0.717) is 5.56 Å². The van der Waals surface area contributed by atoms with E-state index in [-0.39, 0.29) is 0 Å². The summed E-state index contributed by atoms with van der Waals surface area (Å²) in [5, 5.41) is 10.2. The molecule has 0 unspecified atom stereocenters. The molecule has 0 atom stereocenters. The summed E-state index contributed by atoms with van der Waals surface area (Å²) in [6.07, 6.45) is 1.87. The van der Waals surface area contributed by atoms with Crippen LogP contribution in [0.2, 0.25) is 0 Å². The number of nitriles is 1. The number of fused-ring (bicyclic) bond motifs is 1. The predicted molar refractivity (Wildman–Crippen MR) is 74.5 cm³/mol. The van der Waals surface area contributed by atoms with Gasteiger partial charge in [0.25, 0.3) is 0 Å². The highest BCUT2D eigenvalue weighted by atomic mass is 16.5. The zero-order valence-corrected chi connectivity index (χ0v) is 10.5. The van der Waals surface area contributed by atoms with Gasteiger partial charge in [-0.15, -0.1) is 0 Å². The van der Waals surface area contributed by atoms with Gasteiger partial charge in [0.15, 0.2) is 0 Å². The minimum Gasteiger partial charge on any atom is -0.497 e. The molecule has 0 aliphatic carbocycles. The Balaban J connectivity index is 2.22. The minimum absolute atomic E-state index is 0.686. The lowest BCUT2D eigenvalue weighted by atomic mass is 10.2. The predicted octanol–water partition coefficient (Wildman–Crippen LogP) is 3.51. The van der Waals surface area contributed by atoms with Crippen molar-refractivity contribution in [1.29, 1.82) is 5.26 Å². The number of aromatic nitrogens is 1. The molecule has 2 aromatic carbocycles. The van der Waals surface area contributed by atoms with Crippen LogP contribution in [0.25, 0.3) is 16.6 Å². The average Bonchev–Trinajstić information content (AvgIpc) is 2.86. The van der Waals surface area contributed by atoms with Crippen molar-refractivity contribution >= 4 is 10.9 Å². The van der Waals surface area contributed by atoms with Crippen LogP contribution in [0.5, 0.6) is 5.75 Å². The summed E-state index contributed by atoms with van der Waals surface area (Å²) in [6, 6.07) is 17.9. The molecule has 0 saturated carbocycles. The summed E-state index contributed by atoms with van der Waals surface area (Å²) in [6.45, 7) is 0. The Hall–Kier alpha value is -2.73. The average molecular weight is 248 g/mol. The quantitative estimate of drug-likeness (QED) is 0.696. The summed E-state index contributed by atoms with van der Waals surface area (Å²) < 4.78 is 7.18. The highest BCUT2D eigenvalue weighted by Crippen LogP contribution is 2.25. The number of rotatable bonds is 2. The van der Waals surface area contributed by atoms with Crippen molar-refractivity contribution in [1.82, 2.24) is 4.57 Å². The molecule has 1 aromatic heterocycles. The molecule has 0 saturated heterocycles. The standard InChI is InChI=1S/C16H12N2O/c1-19-14-8-6-13(7-9-14)18-11-12(10-17)15-4-2-3-5-16(15)18/h2-9,11H,1H3. The van der Waals surface area contributed by atoms with Gasteiger partial charge in [-0.3, -0.25) is 0 Å². The first kappa shape index (κ1) is 11.4. The van der Waals surface area contributed by atoms with E-state index < -0.39 is 0 Å². The van der Waals surface area contributed by atoms with Gasteiger partial charge in [-0.25, -0.2) is 0 Å². The highest BCUT2D eigenvalue weighted by Gasteiger charge is 2.08. The van der Waals surface area contributed by atoms with E-state index in [9.17, 15) is 5.26 Å². The second-order valence-electron chi connectivity index (χ2n) is 4.24. The van der Waals surface area contributed by atoms with E-state index >= 15 is 0 Å². The van der Waals surface area contributed by atoms with E-state index in [4.69, 9.17) is 4.74 Å². The molecule has 3 aromatic rings. The first-order valence-electron chi connectivity index (χ1n) is 5.98. The van der Waals surface area contributed by atoms with Gasteiger partial charge in [-0.1, -0.05) is 18.2 Å². The van der Waals surface area contributed by atoms with E-state index in [1.54, 1.807) is 7.11 Å². The van der Waals surface area contributed by atoms with Gasteiger partial charge in [0.05, 0.1) is 18.2 Å². The van der Waals surface area contributed by atoms with Gasteiger partial charge in [0.1, 0.15) is 11.8 Å². The zero-order valence-electron chi connectivity index (χ0n) is 10.5. The molecule has 3 heteroatoms. The number of nitrogens with zero attached hydrogens (tertiary/aromatic N) is 2. The molecule has 3 nitrogen and oxygen atoms in total. The fraction of sp³-hybridized carbons (Fsp3) is 0.0625. The molecule has 3 rings (SSSR count). The largest absolute Gasteiger partial charge is 0.497 e.